The lowest BCUT2D eigenvalue weighted by Gasteiger charge is -2.23. The van der Waals surface area contributed by atoms with E-state index in [-0.39, 0.29) is 52.1 Å². The van der Waals surface area contributed by atoms with Crippen LogP contribution in [0.1, 0.15) is 27.1 Å². The minimum atomic E-state index is -5.41. The number of pyridine rings is 1. The highest BCUT2D eigenvalue weighted by atomic mass is 35.5. The van der Waals surface area contributed by atoms with Crippen molar-refractivity contribution in [1.82, 2.24) is 14.8 Å². The van der Waals surface area contributed by atoms with Crippen LogP contribution in [0.5, 0.6) is 5.75 Å². The van der Waals surface area contributed by atoms with Crippen molar-refractivity contribution in [3.63, 3.8) is 0 Å². The van der Waals surface area contributed by atoms with E-state index in [4.69, 9.17) is 23.2 Å². The van der Waals surface area contributed by atoms with Gasteiger partial charge in [0.2, 0.25) is 0 Å². The van der Waals surface area contributed by atoms with Crippen LogP contribution < -0.4 is 9.46 Å². The molecule has 0 unspecified atom stereocenters. The van der Waals surface area contributed by atoms with Gasteiger partial charge in [0, 0.05) is 48.3 Å². The van der Waals surface area contributed by atoms with Crippen molar-refractivity contribution < 1.29 is 40.7 Å². The number of aromatic nitrogens is 1. The van der Waals surface area contributed by atoms with Gasteiger partial charge < -0.3 is 14.5 Å². The summed E-state index contributed by atoms with van der Waals surface area (Å²) >= 11 is 12.1. The number of hydrogen-bond donors (Lipinski definition) is 1. The zero-order chi connectivity index (χ0) is 33.2. The number of rotatable bonds is 6. The van der Waals surface area contributed by atoms with Crippen LogP contribution in [0.15, 0.2) is 77.8 Å². The molecule has 2 heterocycles. The Bertz CT molecular complexity index is 1950. The number of carbonyl (C=O) groups excluding carboxylic acids is 3. The molecule has 0 spiro atoms. The minimum Gasteiger partial charge on any atom is -0.418 e. The molecule has 1 aromatic heterocycles. The quantitative estimate of drug-likeness (QED) is 0.200. The van der Waals surface area contributed by atoms with Crippen molar-refractivity contribution in [3.8, 4) is 5.75 Å². The first-order valence-electron chi connectivity index (χ1n) is 13.6. The summed E-state index contributed by atoms with van der Waals surface area (Å²) in [6.07, 6.45) is -3.66. The standard InChI is InChI=1S/C30H23Cl2F3N4O6S/c31-20-8-9-21(22(32)17-20)28(41)39-13-3-12-38(14-15-39)27(40)19-7-10-23(24(16-19)45-29(42)30(33,34)35)37-46(43,44)25-6-1-4-18-5-2-11-36-26(18)25/h1-2,4-11,16-17,37H,3,12-15H2. The van der Waals surface area contributed by atoms with Crippen LogP contribution in [0.4, 0.5) is 18.9 Å². The smallest absolute Gasteiger partial charge is 0.418 e. The number of ether oxygens (including phenoxy) is 1. The number of alkyl halides is 3. The summed E-state index contributed by atoms with van der Waals surface area (Å²) in [5.74, 6) is -4.46. The zero-order valence-corrected chi connectivity index (χ0v) is 25.9. The molecule has 1 aliphatic rings. The molecule has 46 heavy (non-hydrogen) atoms. The second-order valence-electron chi connectivity index (χ2n) is 10.1. The molecule has 1 saturated heterocycles. The molecule has 0 atom stereocenters. The Hall–Kier alpha value is -4.40. The number of esters is 1. The first-order valence-corrected chi connectivity index (χ1v) is 15.8. The molecule has 1 aliphatic heterocycles. The third kappa shape index (κ3) is 7.19. The van der Waals surface area contributed by atoms with E-state index in [9.17, 15) is 36.0 Å². The molecule has 10 nitrogen and oxygen atoms in total. The van der Waals surface area contributed by atoms with Gasteiger partial charge in [-0.1, -0.05) is 41.4 Å². The van der Waals surface area contributed by atoms with Crippen LogP contribution in [0.2, 0.25) is 10.0 Å². The number of anilines is 1. The van der Waals surface area contributed by atoms with Gasteiger partial charge in [-0.25, -0.2) is 13.2 Å². The molecular weight excluding hydrogens is 672 g/mol. The number of hydrogen-bond acceptors (Lipinski definition) is 7. The molecule has 16 heteroatoms. The monoisotopic (exact) mass is 694 g/mol. The van der Waals surface area contributed by atoms with Gasteiger partial charge in [0.15, 0.2) is 5.75 Å². The number of benzene rings is 3. The molecule has 0 bridgehead atoms. The Kier molecular flexibility index (Phi) is 9.42. The summed E-state index contributed by atoms with van der Waals surface area (Å²) in [6.45, 7) is 0.670. The van der Waals surface area contributed by atoms with Crippen molar-refractivity contribution in [2.75, 3.05) is 30.9 Å². The Balaban J connectivity index is 1.40. The molecule has 2 amide bonds. The van der Waals surface area contributed by atoms with Crippen LogP contribution in [0.25, 0.3) is 10.9 Å². The van der Waals surface area contributed by atoms with Crippen molar-refractivity contribution >= 4 is 67.6 Å². The average Bonchev–Trinajstić information content (AvgIpc) is 3.27. The first kappa shape index (κ1) is 33.0. The van der Waals surface area contributed by atoms with E-state index in [0.717, 1.165) is 12.1 Å². The van der Waals surface area contributed by atoms with Crippen LogP contribution in [0.3, 0.4) is 0 Å². The van der Waals surface area contributed by atoms with Gasteiger partial charge in [-0.15, -0.1) is 0 Å². The van der Waals surface area contributed by atoms with E-state index in [1.54, 1.807) is 18.2 Å². The normalized spacial score (nSPS) is 14.1. The lowest BCUT2D eigenvalue weighted by Crippen LogP contribution is -2.37. The first-order chi connectivity index (χ1) is 21.7. The minimum absolute atomic E-state index is 0.0654. The molecule has 3 aromatic carbocycles. The van der Waals surface area contributed by atoms with E-state index in [1.807, 2.05) is 0 Å². The number of fused-ring (bicyclic) bond motifs is 1. The summed E-state index contributed by atoms with van der Waals surface area (Å²) in [4.78, 5) is 45.1. The fourth-order valence-electron chi connectivity index (χ4n) is 4.81. The maximum atomic E-state index is 13.5. The second-order valence-corrected chi connectivity index (χ2v) is 12.6. The maximum absolute atomic E-state index is 13.5. The third-order valence-corrected chi connectivity index (χ3v) is 8.97. The summed E-state index contributed by atoms with van der Waals surface area (Å²) in [6, 6.07) is 15.1. The van der Waals surface area contributed by atoms with E-state index < -0.39 is 39.5 Å². The van der Waals surface area contributed by atoms with Crippen LogP contribution in [0, 0.1) is 0 Å². The third-order valence-electron chi connectivity index (χ3n) is 7.02. The number of halogens is 5. The lowest BCUT2D eigenvalue weighted by atomic mass is 10.1. The summed E-state index contributed by atoms with van der Waals surface area (Å²) < 4.78 is 72.9. The van der Waals surface area contributed by atoms with Crippen LogP contribution in [-0.4, -0.2) is 73.3 Å². The largest absolute Gasteiger partial charge is 0.491 e. The Morgan fingerprint density at radius 2 is 1.57 bits per heavy atom. The number of para-hydroxylation sites is 1. The molecule has 0 aliphatic carbocycles. The van der Waals surface area contributed by atoms with E-state index >= 15 is 0 Å². The molecule has 0 radical (unpaired) electrons. The molecule has 5 rings (SSSR count). The fourth-order valence-corrected chi connectivity index (χ4v) is 6.55. The van der Waals surface area contributed by atoms with Gasteiger partial charge in [-0.2, -0.15) is 13.2 Å². The van der Waals surface area contributed by atoms with Crippen molar-refractivity contribution in [2.45, 2.75) is 17.5 Å². The van der Waals surface area contributed by atoms with Crippen molar-refractivity contribution in [2.24, 2.45) is 0 Å². The Morgan fingerprint density at radius 1 is 0.870 bits per heavy atom. The molecule has 240 valence electrons. The Morgan fingerprint density at radius 3 is 2.26 bits per heavy atom. The summed E-state index contributed by atoms with van der Waals surface area (Å²) in [7, 11) is -4.47. The number of sulfonamides is 1. The summed E-state index contributed by atoms with van der Waals surface area (Å²) in [5.41, 5.74) is -0.362. The highest BCUT2D eigenvalue weighted by molar-refractivity contribution is 7.93. The molecule has 0 saturated carbocycles. The van der Waals surface area contributed by atoms with Crippen molar-refractivity contribution in [3.05, 3.63) is 94.1 Å². The topological polar surface area (TPSA) is 126 Å². The van der Waals surface area contributed by atoms with Gasteiger partial charge >= 0.3 is 12.1 Å². The number of carbonyl (C=O) groups is 3. The van der Waals surface area contributed by atoms with Gasteiger partial charge in [0.1, 0.15) is 4.90 Å². The number of nitrogens with one attached hydrogen (secondary N) is 1. The fraction of sp³-hybridized carbons (Fsp3) is 0.200. The van der Waals surface area contributed by atoms with Crippen LogP contribution >= 0.6 is 23.2 Å². The molecule has 1 fully saturated rings. The van der Waals surface area contributed by atoms with Gasteiger partial charge in [-0.3, -0.25) is 19.3 Å². The van der Waals surface area contributed by atoms with Crippen LogP contribution in [-0.2, 0) is 14.8 Å². The zero-order valence-electron chi connectivity index (χ0n) is 23.6. The maximum Gasteiger partial charge on any atom is 0.491 e. The SMILES string of the molecule is O=C(c1ccc(NS(=O)(=O)c2cccc3cccnc23)c(OC(=O)C(F)(F)F)c1)N1CCCN(C(=O)c2ccc(Cl)cc2Cl)CC1. The van der Waals surface area contributed by atoms with E-state index in [0.29, 0.717) is 23.4 Å². The molecule has 1 N–H and O–H groups in total. The Labute approximate surface area is 270 Å². The van der Waals surface area contributed by atoms with Gasteiger partial charge in [-0.05, 0) is 55.0 Å². The highest BCUT2D eigenvalue weighted by Crippen LogP contribution is 2.32. The van der Waals surface area contributed by atoms with Gasteiger partial charge in [0.05, 0.1) is 21.8 Å². The number of nitrogens with zero attached hydrogens (tertiary/aromatic N) is 3. The molecular formula is C30H23Cl2F3N4O6S. The predicted molar refractivity (Wildman–Crippen MR) is 164 cm³/mol. The second kappa shape index (κ2) is 13.1. The highest BCUT2D eigenvalue weighted by Gasteiger charge is 2.42. The average molecular weight is 696 g/mol. The lowest BCUT2D eigenvalue weighted by molar-refractivity contribution is -0.189. The number of amides is 2. The van der Waals surface area contributed by atoms with E-state index in [1.165, 1.54) is 52.4 Å². The molecule has 4 aromatic rings. The van der Waals surface area contributed by atoms with Crippen molar-refractivity contribution in [1.29, 1.82) is 0 Å². The summed E-state index contributed by atoms with van der Waals surface area (Å²) in [5, 5.41) is 1.02. The van der Waals surface area contributed by atoms with Gasteiger partial charge in [0.25, 0.3) is 21.8 Å². The predicted octanol–water partition coefficient (Wildman–Crippen LogP) is 5.80. The van der Waals surface area contributed by atoms with E-state index in [2.05, 4.69) is 14.4 Å².